The number of carbonyl (C=O) groups is 2. The molecule has 2 aliphatic heterocycles. The van der Waals surface area contributed by atoms with E-state index in [0.717, 1.165) is 46.1 Å². The lowest BCUT2D eigenvalue weighted by atomic mass is 9.96. The molecule has 0 bridgehead atoms. The van der Waals surface area contributed by atoms with Crippen LogP contribution in [0.1, 0.15) is 35.2 Å². The van der Waals surface area contributed by atoms with E-state index in [1.54, 1.807) is 16.2 Å². The number of amides is 2. The van der Waals surface area contributed by atoms with Gasteiger partial charge in [0.2, 0.25) is 11.8 Å². The van der Waals surface area contributed by atoms with E-state index in [1.807, 2.05) is 36.1 Å². The Morgan fingerprint density at radius 3 is 2.70 bits per heavy atom. The Morgan fingerprint density at radius 1 is 1.26 bits per heavy atom. The van der Waals surface area contributed by atoms with E-state index in [-0.39, 0.29) is 17.7 Å². The molecule has 0 unspecified atom stereocenters. The van der Waals surface area contributed by atoms with Crippen molar-refractivity contribution in [1.82, 2.24) is 15.1 Å². The van der Waals surface area contributed by atoms with Crippen molar-refractivity contribution in [2.75, 3.05) is 24.5 Å². The summed E-state index contributed by atoms with van der Waals surface area (Å²) in [4.78, 5) is 29.0. The van der Waals surface area contributed by atoms with Gasteiger partial charge in [-0.1, -0.05) is 22.0 Å². The van der Waals surface area contributed by atoms with Crippen molar-refractivity contribution in [3.63, 3.8) is 0 Å². The summed E-state index contributed by atoms with van der Waals surface area (Å²) >= 11 is 5.09. The Kier molecular flexibility index (Phi) is 5.27. The van der Waals surface area contributed by atoms with Gasteiger partial charge in [-0.25, -0.2) is 0 Å². The number of piperidine rings is 1. The van der Waals surface area contributed by atoms with Crippen LogP contribution in [0, 0.1) is 12.8 Å². The average molecular weight is 449 g/mol. The van der Waals surface area contributed by atoms with E-state index in [4.69, 9.17) is 0 Å². The van der Waals surface area contributed by atoms with Crippen molar-refractivity contribution in [3.8, 4) is 0 Å². The maximum absolute atomic E-state index is 12.9. The number of likely N-dealkylation sites (tertiary alicyclic amines) is 1. The van der Waals surface area contributed by atoms with Gasteiger partial charge in [0, 0.05) is 42.1 Å². The molecule has 142 valence electrons. The van der Waals surface area contributed by atoms with Gasteiger partial charge in [0.05, 0.1) is 5.92 Å². The molecule has 0 saturated carbocycles. The molecular weight excluding hydrogens is 428 g/mol. The summed E-state index contributed by atoms with van der Waals surface area (Å²) < 4.78 is 0.927. The third-order valence-corrected chi connectivity index (χ3v) is 6.79. The fourth-order valence-electron chi connectivity index (χ4n) is 3.85. The van der Waals surface area contributed by atoms with Crippen LogP contribution in [-0.4, -0.2) is 46.5 Å². The minimum atomic E-state index is -0.253. The molecule has 0 radical (unpaired) electrons. The maximum Gasteiger partial charge on any atom is 0.228 e. The number of benzene rings is 1. The predicted molar refractivity (Wildman–Crippen MR) is 108 cm³/mol. The van der Waals surface area contributed by atoms with E-state index < -0.39 is 0 Å². The molecule has 2 amide bonds. The fourth-order valence-corrected chi connectivity index (χ4v) is 5.10. The number of hydrogen-bond acceptors (Lipinski definition) is 5. The highest BCUT2D eigenvalue weighted by Gasteiger charge is 2.38. The van der Waals surface area contributed by atoms with E-state index in [1.165, 1.54) is 0 Å². The molecule has 1 aromatic carbocycles. The van der Waals surface area contributed by atoms with Gasteiger partial charge < -0.3 is 9.80 Å². The molecular formula is C19H21BrN4O2S. The largest absolute Gasteiger partial charge is 0.342 e. The van der Waals surface area contributed by atoms with Crippen molar-refractivity contribution in [2.24, 2.45) is 5.92 Å². The van der Waals surface area contributed by atoms with Gasteiger partial charge in [-0.15, -0.1) is 21.5 Å². The standard InChI is InChI=1S/C19H21BrN4O2S/c1-12-21-22-18(27-12)13-5-7-23(8-6-13)19(26)14-9-17(25)24(11-14)16-4-2-3-15(20)10-16/h2-4,10,13-14H,5-9,11H2,1H3/t14-/m0/s1. The van der Waals surface area contributed by atoms with Crippen LogP contribution in [0.15, 0.2) is 28.7 Å². The summed E-state index contributed by atoms with van der Waals surface area (Å²) in [5, 5.41) is 10.4. The van der Waals surface area contributed by atoms with Crippen molar-refractivity contribution in [3.05, 3.63) is 38.8 Å². The molecule has 0 spiro atoms. The Bertz CT molecular complexity index is 863. The first-order valence-corrected chi connectivity index (χ1v) is 10.8. The second-order valence-electron chi connectivity index (χ2n) is 7.14. The minimum absolute atomic E-state index is 0.0191. The Labute approximate surface area is 170 Å². The highest BCUT2D eigenvalue weighted by atomic mass is 79.9. The van der Waals surface area contributed by atoms with Gasteiger partial charge in [-0.3, -0.25) is 9.59 Å². The average Bonchev–Trinajstić information content (AvgIpc) is 3.27. The quantitative estimate of drug-likeness (QED) is 0.721. The summed E-state index contributed by atoms with van der Waals surface area (Å²) in [6.45, 7) is 3.88. The Hall–Kier alpha value is -1.80. The molecule has 2 aromatic rings. The van der Waals surface area contributed by atoms with Crippen molar-refractivity contribution in [1.29, 1.82) is 0 Å². The van der Waals surface area contributed by atoms with Crippen LogP contribution < -0.4 is 4.90 Å². The van der Waals surface area contributed by atoms with Crippen LogP contribution >= 0.6 is 27.3 Å². The van der Waals surface area contributed by atoms with Crippen LogP contribution in [0.5, 0.6) is 0 Å². The zero-order valence-electron chi connectivity index (χ0n) is 15.1. The molecule has 6 nitrogen and oxygen atoms in total. The van der Waals surface area contributed by atoms with Crippen molar-refractivity contribution >= 4 is 44.8 Å². The van der Waals surface area contributed by atoms with E-state index in [0.29, 0.717) is 18.9 Å². The number of aromatic nitrogens is 2. The predicted octanol–water partition coefficient (Wildman–Crippen LogP) is 3.37. The normalized spacial score (nSPS) is 21.1. The molecule has 2 aliphatic rings. The van der Waals surface area contributed by atoms with Crippen LogP contribution in [0.25, 0.3) is 0 Å². The van der Waals surface area contributed by atoms with Crippen molar-refractivity contribution < 1.29 is 9.59 Å². The second kappa shape index (κ2) is 7.67. The molecule has 8 heteroatoms. The zero-order valence-corrected chi connectivity index (χ0v) is 17.5. The summed E-state index contributed by atoms with van der Waals surface area (Å²) in [7, 11) is 0. The molecule has 27 heavy (non-hydrogen) atoms. The molecule has 1 atom stereocenters. The lowest BCUT2D eigenvalue weighted by Crippen LogP contribution is -2.42. The summed E-state index contributed by atoms with van der Waals surface area (Å²) in [6, 6.07) is 7.66. The lowest BCUT2D eigenvalue weighted by molar-refractivity contribution is -0.136. The number of carbonyl (C=O) groups excluding carboxylic acids is 2. The third kappa shape index (κ3) is 3.91. The number of nitrogens with zero attached hydrogens (tertiary/aromatic N) is 4. The molecule has 2 saturated heterocycles. The molecule has 1 aromatic heterocycles. The molecule has 2 fully saturated rings. The second-order valence-corrected chi connectivity index (χ2v) is 9.27. The van der Waals surface area contributed by atoms with Gasteiger partial charge >= 0.3 is 0 Å². The van der Waals surface area contributed by atoms with Crippen LogP contribution in [0.2, 0.25) is 0 Å². The summed E-state index contributed by atoms with van der Waals surface area (Å²) in [5.41, 5.74) is 0.843. The van der Waals surface area contributed by atoms with Gasteiger partial charge in [0.1, 0.15) is 10.0 Å². The first kappa shape index (κ1) is 18.6. The topological polar surface area (TPSA) is 66.4 Å². The molecule has 0 N–H and O–H groups in total. The Morgan fingerprint density at radius 2 is 2.04 bits per heavy atom. The first-order chi connectivity index (χ1) is 13.0. The Balaban J connectivity index is 1.37. The number of halogens is 1. The van der Waals surface area contributed by atoms with Crippen LogP contribution in [-0.2, 0) is 9.59 Å². The molecule has 3 heterocycles. The van der Waals surface area contributed by atoms with E-state index >= 15 is 0 Å². The smallest absolute Gasteiger partial charge is 0.228 e. The van der Waals surface area contributed by atoms with Gasteiger partial charge in [-0.05, 0) is 38.0 Å². The SMILES string of the molecule is Cc1nnc(C2CCN(C(=O)[C@H]3CC(=O)N(c4cccc(Br)c4)C3)CC2)s1. The van der Waals surface area contributed by atoms with E-state index in [2.05, 4.69) is 26.1 Å². The number of rotatable bonds is 3. The zero-order chi connectivity index (χ0) is 19.0. The van der Waals surface area contributed by atoms with Gasteiger partial charge in [-0.2, -0.15) is 0 Å². The lowest BCUT2D eigenvalue weighted by Gasteiger charge is -2.32. The first-order valence-electron chi connectivity index (χ1n) is 9.16. The highest BCUT2D eigenvalue weighted by molar-refractivity contribution is 9.10. The maximum atomic E-state index is 12.9. The van der Waals surface area contributed by atoms with Gasteiger partial charge in [0.15, 0.2) is 0 Å². The number of hydrogen-bond donors (Lipinski definition) is 0. The fraction of sp³-hybridized carbons (Fsp3) is 0.474. The highest BCUT2D eigenvalue weighted by Crippen LogP contribution is 2.32. The van der Waals surface area contributed by atoms with E-state index in [9.17, 15) is 9.59 Å². The van der Waals surface area contributed by atoms with Crippen LogP contribution in [0.3, 0.4) is 0 Å². The molecule has 0 aliphatic carbocycles. The third-order valence-electron chi connectivity index (χ3n) is 5.29. The van der Waals surface area contributed by atoms with Gasteiger partial charge in [0.25, 0.3) is 0 Å². The van der Waals surface area contributed by atoms with Crippen LogP contribution in [0.4, 0.5) is 5.69 Å². The monoisotopic (exact) mass is 448 g/mol. The minimum Gasteiger partial charge on any atom is -0.342 e. The summed E-state index contributed by atoms with van der Waals surface area (Å²) in [6.07, 6.45) is 2.12. The molecule has 4 rings (SSSR count). The summed E-state index contributed by atoms with van der Waals surface area (Å²) in [5.74, 6) is 0.263. The number of aryl methyl sites for hydroxylation is 1. The number of anilines is 1. The van der Waals surface area contributed by atoms with Crippen molar-refractivity contribution in [2.45, 2.75) is 32.1 Å².